The standard InChI is InChI=1S/C9H12ClN3/c10-7-3-1-4-8(7)13-9-11-5-2-6-12-9/h2,5-8H,1,3-4H2,(H,11,12,13). The molecule has 13 heavy (non-hydrogen) atoms. The van der Waals surface area contributed by atoms with Gasteiger partial charge in [0.15, 0.2) is 0 Å². The number of halogens is 1. The van der Waals surface area contributed by atoms with Crippen molar-refractivity contribution in [1.29, 1.82) is 0 Å². The van der Waals surface area contributed by atoms with Crippen LogP contribution in [0.5, 0.6) is 0 Å². The predicted molar refractivity (Wildman–Crippen MR) is 52.9 cm³/mol. The van der Waals surface area contributed by atoms with Gasteiger partial charge in [0.2, 0.25) is 5.95 Å². The van der Waals surface area contributed by atoms with Gasteiger partial charge in [-0.15, -0.1) is 11.6 Å². The summed E-state index contributed by atoms with van der Waals surface area (Å²) in [5, 5.41) is 3.46. The Morgan fingerprint density at radius 2 is 2.08 bits per heavy atom. The average Bonchev–Trinajstić information content (AvgIpc) is 2.54. The maximum atomic E-state index is 6.11. The lowest BCUT2D eigenvalue weighted by Gasteiger charge is -2.14. The smallest absolute Gasteiger partial charge is 0.222 e. The van der Waals surface area contributed by atoms with Crippen LogP contribution in [0.3, 0.4) is 0 Å². The largest absolute Gasteiger partial charge is 0.350 e. The van der Waals surface area contributed by atoms with E-state index in [1.54, 1.807) is 18.5 Å². The lowest BCUT2D eigenvalue weighted by molar-refractivity contribution is 0.750. The lowest BCUT2D eigenvalue weighted by Crippen LogP contribution is -2.25. The molecule has 0 amide bonds. The molecular formula is C9H12ClN3. The van der Waals surface area contributed by atoms with Gasteiger partial charge in [-0.25, -0.2) is 9.97 Å². The van der Waals surface area contributed by atoms with Crippen molar-refractivity contribution in [3.05, 3.63) is 18.5 Å². The third-order valence-corrected chi connectivity index (χ3v) is 2.83. The number of anilines is 1. The molecule has 2 rings (SSSR count). The van der Waals surface area contributed by atoms with Crippen LogP contribution in [0.4, 0.5) is 5.95 Å². The number of nitrogens with zero attached hydrogens (tertiary/aromatic N) is 2. The van der Waals surface area contributed by atoms with Gasteiger partial charge in [-0.05, 0) is 25.3 Å². The molecule has 0 aromatic carbocycles. The van der Waals surface area contributed by atoms with Crippen LogP contribution in [-0.2, 0) is 0 Å². The summed E-state index contributed by atoms with van der Waals surface area (Å²) < 4.78 is 0. The van der Waals surface area contributed by atoms with E-state index in [2.05, 4.69) is 15.3 Å². The maximum Gasteiger partial charge on any atom is 0.222 e. The zero-order valence-electron chi connectivity index (χ0n) is 7.28. The van der Waals surface area contributed by atoms with Gasteiger partial charge >= 0.3 is 0 Å². The number of rotatable bonds is 2. The monoisotopic (exact) mass is 197 g/mol. The number of nitrogens with one attached hydrogen (secondary N) is 1. The summed E-state index contributed by atoms with van der Waals surface area (Å²) in [7, 11) is 0. The molecule has 2 atom stereocenters. The summed E-state index contributed by atoms with van der Waals surface area (Å²) in [5.41, 5.74) is 0. The fourth-order valence-corrected chi connectivity index (χ4v) is 1.96. The molecule has 1 aromatic rings. The second-order valence-electron chi connectivity index (χ2n) is 3.27. The lowest BCUT2D eigenvalue weighted by atomic mass is 10.2. The van der Waals surface area contributed by atoms with Gasteiger partial charge in [0.25, 0.3) is 0 Å². The molecule has 0 spiro atoms. The van der Waals surface area contributed by atoms with Crippen LogP contribution in [0.15, 0.2) is 18.5 Å². The maximum absolute atomic E-state index is 6.11. The van der Waals surface area contributed by atoms with Crippen molar-refractivity contribution in [3.8, 4) is 0 Å². The summed E-state index contributed by atoms with van der Waals surface area (Å²) in [5.74, 6) is 0.681. The minimum Gasteiger partial charge on any atom is -0.350 e. The highest BCUT2D eigenvalue weighted by molar-refractivity contribution is 6.21. The quantitative estimate of drug-likeness (QED) is 0.738. The number of hydrogen-bond acceptors (Lipinski definition) is 3. The Morgan fingerprint density at radius 1 is 1.31 bits per heavy atom. The molecule has 0 bridgehead atoms. The summed E-state index contributed by atoms with van der Waals surface area (Å²) in [6.07, 6.45) is 6.86. The zero-order valence-corrected chi connectivity index (χ0v) is 8.04. The van der Waals surface area contributed by atoms with Crippen LogP contribution in [-0.4, -0.2) is 21.4 Å². The SMILES string of the molecule is ClC1CCCC1Nc1ncccn1. The Balaban J connectivity index is 1.98. The van der Waals surface area contributed by atoms with Crippen LogP contribution >= 0.6 is 11.6 Å². The second kappa shape index (κ2) is 3.92. The highest BCUT2D eigenvalue weighted by Gasteiger charge is 2.25. The van der Waals surface area contributed by atoms with Crippen molar-refractivity contribution in [2.45, 2.75) is 30.7 Å². The Hall–Kier alpha value is -0.830. The summed E-state index contributed by atoms with van der Waals surface area (Å²) in [6, 6.07) is 2.14. The highest BCUT2D eigenvalue weighted by atomic mass is 35.5. The molecule has 1 saturated carbocycles. The summed E-state index contributed by atoms with van der Waals surface area (Å²) in [6.45, 7) is 0. The Kier molecular flexibility index (Phi) is 2.64. The van der Waals surface area contributed by atoms with E-state index < -0.39 is 0 Å². The van der Waals surface area contributed by atoms with E-state index in [1.165, 1.54) is 6.42 Å². The minimum absolute atomic E-state index is 0.226. The van der Waals surface area contributed by atoms with Gasteiger partial charge in [0.05, 0.1) is 5.38 Å². The molecular weight excluding hydrogens is 186 g/mol. The van der Waals surface area contributed by atoms with Gasteiger partial charge in [0, 0.05) is 18.4 Å². The molecule has 1 heterocycles. The van der Waals surface area contributed by atoms with Crippen LogP contribution in [0.1, 0.15) is 19.3 Å². The Labute approximate surface area is 82.5 Å². The van der Waals surface area contributed by atoms with Crippen molar-refractivity contribution in [3.63, 3.8) is 0 Å². The molecule has 1 aromatic heterocycles. The highest BCUT2D eigenvalue weighted by Crippen LogP contribution is 2.25. The first kappa shape index (κ1) is 8.75. The van der Waals surface area contributed by atoms with Gasteiger partial charge in [-0.1, -0.05) is 0 Å². The predicted octanol–water partition coefficient (Wildman–Crippen LogP) is 2.05. The van der Waals surface area contributed by atoms with Crippen molar-refractivity contribution < 1.29 is 0 Å². The van der Waals surface area contributed by atoms with Crippen molar-refractivity contribution in [2.24, 2.45) is 0 Å². The molecule has 1 fully saturated rings. The Bertz CT molecular complexity index is 265. The van der Waals surface area contributed by atoms with E-state index in [-0.39, 0.29) is 5.38 Å². The number of hydrogen-bond donors (Lipinski definition) is 1. The number of aromatic nitrogens is 2. The van der Waals surface area contributed by atoms with E-state index >= 15 is 0 Å². The Morgan fingerprint density at radius 3 is 2.69 bits per heavy atom. The second-order valence-corrected chi connectivity index (χ2v) is 3.83. The van der Waals surface area contributed by atoms with Crippen LogP contribution in [0.25, 0.3) is 0 Å². The first-order chi connectivity index (χ1) is 6.36. The molecule has 70 valence electrons. The molecule has 0 saturated heterocycles. The molecule has 1 aliphatic carbocycles. The van der Waals surface area contributed by atoms with Crippen LogP contribution in [0, 0.1) is 0 Å². The van der Waals surface area contributed by atoms with E-state index in [4.69, 9.17) is 11.6 Å². The number of alkyl halides is 1. The average molecular weight is 198 g/mol. The molecule has 1 N–H and O–H groups in total. The molecule has 0 radical (unpaired) electrons. The zero-order chi connectivity index (χ0) is 9.10. The third-order valence-electron chi connectivity index (χ3n) is 2.31. The normalized spacial score (nSPS) is 27.5. The van der Waals surface area contributed by atoms with E-state index in [0.717, 1.165) is 12.8 Å². The van der Waals surface area contributed by atoms with Gasteiger partial charge in [-0.2, -0.15) is 0 Å². The summed E-state index contributed by atoms with van der Waals surface area (Å²) in [4.78, 5) is 8.19. The third kappa shape index (κ3) is 2.10. The molecule has 2 unspecified atom stereocenters. The molecule has 4 heteroatoms. The first-order valence-corrected chi connectivity index (χ1v) is 4.97. The fourth-order valence-electron chi connectivity index (χ4n) is 1.62. The molecule has 0 aliphatic heterocycles. The minimum atomic E-state index is 0.226. The van der Waals surface area contributed by atoms with Gasteiger partial charge in [0.1, 0.15) is 0 Å². The molecule has 1 aliphatic rings. The first-order valence-electron chi connectivity index (χ1n) is 4.54. The fraction of sp³-hybridized carbons (Fsp3) is 0.556. The van der Waals surface area contributed by atoms with Crippen LogP contribution < -0.4 is 5.32 Å². The van der Waals surface area contributed by atoms with E-state index in [9.17, 15) is 0 Å². The van der Waals surface area contributed by atoms with Crippen molar-refractivity contribution in [1.82, 2.24) is 9.97 Å². The van der Waals surface area contributed by atoms with Crippen molar-refractivity contribution >= 4 is 17.5 Å². The van der Waals surface area contributed by atoms with Gasteiger partial charge < -0.3 is 5.32 Å². The van der Waals surface area contributed by atoms with Gasteiger partial charge in [-0.3, -0.25) is 0 Å². The summed E-state index contributed by atoms with van der Waals surface area (Å²) >= 11 is 6.11. The van der Waals surface area contributed by atoms with Crippen molar-refractivity contribution in [2.75, 3.05) is 5.32 Å². The molecule has 3 nitrogen and oxygen atoms in total. The van der Waals surface area contributed by atoms with E-state index in [1.807, 2.05) is 0 Å². The van der Waals surface area contributed by atoms with E-state index in [0.29, 0.717) is 12.0 Å². The van der Waals surface area contributed by atoms with Crippen LogP contribution in [0.2, 0.25) is 0 Å². The topological polar surface area (TPSA) is 37.8 Å².